The smallest absolute Gasteiger partial charge is 0.254 e. The van der Waals surface area contributed by atoms with E-state index in [0.29, 0.717) is 11.8 Å². The fraction of sp³-hybridized carbons (Fsp3) is 0.583. The van der Waals surface area contributed by atoms with Gasteiger partial charge in [0.25, 0.3) is 5.78 Å². The van der Waals surface area contributed by atoms with Crippen molar-refractivity contribution in [1.29, 1.82) is 0 Å². The van der Waals surface area contributed by atoms with E-state index >= 15 is 0 Å². The maximum absolute atomic E-state index is 4.34. The molecule has 3 heterocycles. The number of fused-ring (bicyclic) bond motifs is 1. The number of hydrogen-bond donors (Lipinski definition) is 2. The highest BCUT2D eigenvalue weighted by molar-refractivity contribution is 5.45. The van der Waals surface area contributed by atoms with Crippen LogP contribution in [0.1, 0.15) is 25.0 Å². The van der Waals surface area contributed by atoms with Gasteiger partial charge in [-0.2, -0.15) is 14.6 Å². The molecule has 3 rings (SSSR count). The topological polar surface area (TPSA) is 67.1 Å². The third-order valence-electron chi connectivity index (χ3n) is 3.31. The molecular formula is C12H18N6. The lowest BCUT2D eigenvalue weighted by molar-refractivity contribution is 0.631. The average Bonchev–Trinajstić information content (AvgIpc) is 2.66. The molecule has 6 nitrogen and oxygen atoms in total. The highest BCUT2D eigenvalue weighted by Gasteiger charge is 2.14. The number of rotatable bonds is 2. The molecule has 1 aliphatic heterocycles. The zero-order valence-corrected chi connectivity index (χ0v) is 10.6. The van der Waals surface area contributed by atoms with Crippen molar-refractivity contribution in [1.82, 2.24) is 24.9 Å². The monoisotopic (exact) mass is 246 g/mol. The summed E-state index contributed by atoms with van der Waals surface area (Å²) < 4.78 is 1.77. The first kappa shape index (κ1) is 11.4. The highest BCUT2D eigenvalue weighted by Crippen LogP contribution is 2.15. The van der Waals surface area contributed by atoms with Gasteiger partial charge in [-0.15, -0.1) is 0 Å². The van der Waals surface area contributed by atoms with Crippen LogP contribution >= 0.6 is 0 Å². The molecule has 2 aromatic heterocycles. The normalized spacial score (nSPS) is 20.8. The molecule has 1 atom stereocenters. The van der Waals surface area contributed by atoms with Gasteiger partial charge in [-0.05, 0) is 39.3 Å². The summed E-state index contributed by atoms with van der Waals surface area (Å²) in [5.41, 5.74) is 0.963. The van der Waals surface area contributed by atoms with Crippen LogP contribution in [0.4, 0.5) is 5.82 Å². The summed E-state index contributed by atoms with van der Waals surface area (Å²) in [5.74, 6) is 1.64. The molecule has 0 amide bonds. The van der Waals surface area contributed by atoms with Gasteiger partial charge in [0.1, 0.15) is 12.1 Å². The van der Waals surface area contributed by atoms with Gasteiger partial charge in [-0.25, -0.2) is 4.98 Å². The Bertz CT molecular complexity index is 526. The van der Waals surface area contributed by atoms with Crippen molar-refractivity contribution in [2.24, 2.45) is 0 Å². The molecule has 1 aliphatic rings. The number of nitrogens with one attached hydrogen (secondary N) is 2. The van der Waals surface area contributed by atoms with Crippen molar-refractivity contribution < 1.29 is 0 Å². The van der Waals surface area contributed by atoms with Crippen LogP contribution in [0.25, 0.3) is 5.78 Å². The van der Waals surface area contributed by atoms with Gasteiger partial charge in [0.05, 0.1) is 0 Å². The van der Waals surface area contributed by atoms with E-state index in [2.05, 4.69) is 25.7 Å². The Balaban J connectivity index is 1.86. The average molecular weight is 246 g/mol. The van der Waals surface area contributed by atoms with Gasteiger partial charge in [0.15, 0.2) is 0 Å². The summed E-state index contributed by atoms with van der Waals surface area (Å²) >= 11 is 0. The molecule has 1 fully saturated rings. The predicted molar refractivity (Wildman–Crippen MR) is 69.7 cm³/mol. The van der Waals surface area contributed by atoms with E-state index in [0.717, 1.165) is 31.0 Å². The Morgan fingerprint density at radius 3 is 3.28 bits per heavy atom. The van der Waals surface area contributed by atoms with Gasteiger partial charge in [-0.1, -0.05) is 0 Å². The lowest BCUT2D eigenvalue weighted by Crippen LogP contribution is -2.23. The van der Waals surface area contributed by atoms with E-state index in [1.165, 1.54) is 12.8 Å². The van der Waals surface area contributed by atoms with Crippen LogP contribution in [0.3, 0.4) is 0 Å². The Labute approximate surface area is 106 Å². The third kappa shape index (κ3) is 2.28. The number of aryl methyl sites for hydroxylation is 1. The maximum Gasteiger partial charge on any atom is 0.254 e. The zero-order chi connectivity index (χ0) is 12.4. The molecule has 0 spiro atoms. The first-order valence-electron chi connectivity index (χ1n) is 6.47. The van der Waals surface area contributed by atoms with Crippen LogP contribution < -0.4 is 10.6 Å². The van der Waals surface area contributed by atoms with E-state index in [1.54, 1.807) is 10.8 Å². The lowest BCUT2D eigenvalue weighted by atomic mass is 10.1. The Hall–Kier alpha value is -1.69. The summed E-state index contributed by atoms with van der Waals surface area (Å²) in [5, 5.41) is 11.2. The molecule has 0 bridgehead atoms. The lowest BCUT2D eigenvalue weighted by Gasteiger charge is -2.17. The second-order valence-electron chi connectivity index (χ2n) is 4.78. The minimum absolute atomic E-state index is 0.495. The summed E-state index contributed by atoms with van der Waals surface area (Å²) in [6, 6.07) is 2.52. The highest BCUT2D eigenvalue weighted by atomic mass is 15.4. The van der Waals surface area contributed by atoms with Gasteiger partial charge < -0.3 is 10.6 Å². The van der Waals surface area contributed by atoms with E-state index in [9.17, 15) is 0 Å². The van der Waals surface area contributed by atoms with Crippen molar-refractivity contribution in [2.75, 3.05) is 18.4 Å². The molecule has 18 heavy (non-hydrogen) atoms. The Kier molecular flexibility index (Phi) is 3.10. The molecule has 2 aromatic rings. The van der Waals surface area contributed by atoms with Crippen molar-refractivity contribution in [3.63, 3.8) is 0 Å². The van der Waals surface area contributed by atoms with Crippen LogP contribution in [0.15, 0.2) is 12.4 Å². The summed E-state index contributed by atoms with van der Waals surface area (Å²) in [6.45, 7) is 4.17. The fourth-order valence-corrected chi connectivity index (χ4v) is 2.41. The maximum atomic E-state index is 4.34. The predicted octanol–water partition coefficient (Wildman–Crippen LogP) is 0.987. The minimum Gasteiger partial charge on any atom is -0.367 e. The number of hydrogen-bond acceptors (Lipinski definition) is 5. The second kappa shape index (κ2) is 4.89. The van der Waals surface area contributed by atoms with E-state index in [1.807, 2.05) is 13.0 Å². The SMILES string of the molecule is Cc1cc(NC2CCCNCC2)n2ncnc2n1. The molecule has 2 N–H and O–H groups in total. The summed E-state index contributed by atoms with van der Waals surface area (Å²) in [6.07, 6.45) is 5.08. The van der Waals surface area contributed by atoms with Crippen LogP contribution in [0, 0.1) is 6.92 Å². The van der Waals surface area contributed by atoms with E-state index in [-0.39, 0.29) is 0 Å². The molecule has 96 valence electrons. The third-order valence-corrected chi connectivity index (χ3v) is 3.31. The minimum atomic E-state index is 0.495. The molecule has 1 saturated heterocycles. The number of nitrogens with zero attached hydrogens (tertiary/aromatic N) is 4. The van der Waals surface area contributed by atoms with Gasteiger partial charge in [-0.3, -0.25) is 0 Å². The molecule has 0 radical (unpaired) electrons. The molecule has 0 aromatic carbocycles. The van der Waals surface area contributed by atoms with Crippen LogP contribution in [0.5, 0.6) is 0 Å². The molecule has 1 unspecified atom stereocenters. The summed E-state index contributed by atoms with van der Waals surface area (Å²) in [7, 11) is 0. The van der Waals surface area contributed by atoms with Crippen molar-refractivity contribution in [3.8, 4) is 0 Å². The zero-order valence-electron chi connectivity index (χ0n) is 10.6. The second-order valence-corrected chi connectivity index (χ2v) is 4.78. The fourth-order valence-electron chi connectivity index (χ4n) is 2.41. The van der Waals surface area contributed by atoms with Crippen molar-refractivity contribution >= 4 is 11.6 Å². The Morgan fingerprint density at radius 1 is 1.39 bits per heavy atom. The molecular weight excluding hydrogens is 228 g/mol. The van der Waals surface area contributed by atoms with Gasteiger partial charge >= 0.3 is 0 Å². The largest absolute Gasteiger partial charge is 0.367 e. The van der Waals surface area contributed by atoms with Crippen LogP contribution in [-0.2, 0) is 0 Å². The van der Waals surface area contributed by atoms with Crippen molar-refractivity contribution in [2.45, 2.75) is 32.2 Å². The first-order valence-corrected chi connectivity index (χ1v) is 6.47. The van der Waals surface area contributed by atoms with Crippen molar-refractivity contribution in [3.05, 3.63) is 18.1 Å². The first-order chi connectivity index (χ1) is 8.83. The van der Waals surface area contributed by atoms with E-state index < -0.39 is 0 Å². The quantitative estimate of drug-likeness (QED) is 0.827. The van der Waals surface area contributed by atoms with Gasteiger partial charge in [0, 0.05) is 17.8 Å². The standard InChI is InChI=1S/C12H18N6/c1-9-7-11(18-12(16-9)14-8-15-18)17-10-3-2-5-13-6-4-10/h7-8,10,13,17H,2-6H2,1H3. The Morgan fingerprint density at radius 2 is 2.33 bits per heavy atom. The molecule has 0 saturated carbocycles. The van der Waals surface area contributed by atoms with Crippen LogP contribution in [-0.4, -0.2) is 38.7 Å². The molecule has 6 heteroatoms. The number of anilines is 1. The van der Waals surface area contributed by atoms with Gasteiger partial charge in [0.2, 0.25) is 0 Å². The molecule has 0 aliphatic carbocycles. The van der Waals surface area contributed by atoms with E-state index in [4.69, 9.17) is 0 Å². The summed E-state index contributed by atoms with van der Waals surface area (Å²) in [4.78, 5) is 8.49. The van der Waals surface area contributed by atoms with Crippen LogP contribution in [0.2, 0.25) is 0 Å². The number of aromatic nitrogens is 4.